The molecule has 1 aliphatic carbocycles. The van der Waals surface area contributed by atoms with Crippen LogP contribution in [0.3, 0.4) is 0 Å². The summed E-state index contributed by atoms with van der Waals surface area (Å²) in [6.45, 7) is 6.37. The maximum atomic E-state index is 15.3. The van der Waals surface area contributed by atoms with Crippen molar-refractivity contribution in [3.8, 4) is 0 Å². The lowest BCUT2D eigenvalue weighted by Crippen LogP contribution is -2.33. The summed E-state index contributed by atoms with van der Waals surface area (Å²) in [6, 6.07) is 1.10. The highest BCUT2D eigenvalue weighted by Crippen LogP contribution is 2.43. The standard InChI is InChI=1S/C22H26ClFN4O4/c1-22(2,3)32-26-16-10-27(8-11(16)7-25)19-15(24)6-13-18(17(19)23)28(12-4-5-12)9-14(20(13)29)21(30)31/h6,9-12,26H,4-5,7-8,25H2,1-3H3,(H,30,31). The molecule has 1 fully saturated rings. The number of fused-ring (bicyclic) bond motifs is 1. The van der Waals surface area contributed by atoms with E-state index < -0.39 is 28.4 Å². The number of carbonyl (C=O) groups is 1. The minimum atomic E-state index is -1.35. The minimum Gasteiger partial charge on any atom is -0.477 e. The Bertz CT molecular complexity index is 1180. The molecule has 1 aliphatic heterocycles. The molecule has 0 amide bonds. The second-order valence-electron chi connectivity index (χ2n) is 9.22. The van der Waals surface area contributed by atoms with Crippen LogP contribution in [0.5, 0.6) is 0 Å². The van der Waals surface area contributed by atoms with Crippen molar-refractivity contribution < 1.29 is 19.1 Å². The van der Waals surface area contributed by atoms with E-state index >= 15 is 4.39 Å². The Morgan fingerprint density at radius 2 is 2.09 bits per heavy atom. The lowest BCUT2D eigenvalue weighted by molar-refractivity contribution is -0.0607. The molecule has 0 spiro atoms. The van der Waals surface area contributed by atoms with Gasteiger partial charge in [-0.05, 0) is 39.7 Å². The van der Waals surface area contributed by atoms with Crippen LogP contribution in [0.15, 0.2) is 29.0 Å². The van der Waals surface area contributed by atoms with Crippen LogP contribution in [0, 0.1) is 11.7 Å². The molecule has 1 aromatic carbocycles. The zero-order chi connectivity index (χ0) is 23.4. The molecule has 1 unspecified atom stereocenters. The monoisotopic (exact) mass is 464 g/mol. The first-order valence-corrected chi connectivity index (χ1v) is 10.8. The first-order valence-electron chi connectivity index (χ1n) is 10.4. The Labute approximate surface area is 189 Å². The Kier molecular flexibility index (Phi) is 5.68. The van der Waals surface area contributed by atoms with Crippen LogP contribution in [0.4, 0.5) is 10.1 Å². The van der Waals surface area contributed by atoms with Gasteiger partial charge >= 0.3 is 5.97 Å². The number of halogens is 2. The summed E-state index contributed by atoms with van der Waals surface area (Å²) in [5.41, 5.74) is 8.38. The number of hydrogen-bond acceptors (Lipinski definition) is 6. The maximum Gasteiger partial charge on any atom is 0.341 e. The van der Waals surface area contributed by atoms with Crippen LogP contribution in [-0.2, 0) is 4.84 Å². The number of hydroxylamine groups is 1. The molecule has 2 aromatic rings. The number of nitrogens with two attached hydrogens (primary N) is 1. The average molecular weight is 465 g/mol. The number of benzene rings is 1. The normalized spacial score (nSPS) is 18.9. The molecule has 172 valence electrons. The van der Waals surface area contributed by atoms with E-state index in [4.69, 9.17) is 22.2 Å². The molecule has 8 nitrogen and oxygen atoms in total. The van der Waals surface area contributed by atoms with E-state index in [0.29, 0.717) is 24.3 Å². The van der Waals surface area contributed by atoms with Crippen LogP contribution in [0.25, 0.3) is 10.9 Å². The first kappa shape index (κ1) is 22.6. The van der Waals surface area contributed by atoms with Crippen LogP contribution < -0.4 is 21.5 Å². The third-order valence-electron chi connectivity index (χ3n) is 5.55. The Hall–Kier alpha value is -2.62. The molecule has 4 N–H and O–H groups in total. The molecule has 1 atom stereocenters. The van der Waals surface area contributed by atoms with Gasteiger partial charge in [0, 0.05) is 37.4 Å². The fraction of sp³-hybridized carbons (Fsp3) is 0.455. The molecule has 32 heavy (non-hydrogen) atoms. The Balaban J connectivity index is 1.84. The fourth-order valence-electron chi connectivity index (χ4n) is 3.83. The minimum absolute atomic E-state index is 0.0235. The first-order chi connectivity index (χ1) is 15.0. The van der Waals surface area contributed by atoms with Gasteiger partial charge in [0.1, 0.15) is 11.4 Å². The van der Waals surface area contributed by atoms with E-state index in [1.165, 1.54) is 6.20 Å². The van der Waals surface area contributed by atoms with Gasteiger partial charge < -0.3 is 20.3 Å². The van der Waals surface area contributed by atoms with Crippen molar-refractivity contribution in [1.29, 1.82) is 0 Å². The van der Waals surface area contributed by atoms with Gasteiger partial charge in [0.2, 0.25) is 5.43 Å². The largest absolute Gasteiger partial charge is 0.477 e. The van der Waals surface area contributed by atoms with Gasteiger partial charge in [0.25, 0.3) is 0 Å². The number of aromatic nitrogens is 1. The molecule has 0 bridgehead atoms. The number of carboxylic acids is 1. The van der Waals surface area contributed by atoms with Gasteiger partial charge in [0.05, 0.1) is 32.9 Å². The highest BCUT2D eigenvalue weighted by atomic mass is 35.5. The van der Waals surface area contributed by atoms with Crippen LogP contribution >= 0.6 is 11.6 Å². The van der Waals surface area contributed by atoms with Crippen molar-refractivity contribution in [2.45, 2.75) is 45.3 Å². The summed E-state index contributed by atoms with van der Waals surface area (Å²) >= 11 is 6.70. The van der Waals surface area contributed by atoms with Crippen molar-refractivity contribution in [3.63, 3.8) is 0 Å². The highest BCUT2D eigenvalue weighted by Gasteiger charge is 2.33. The lowest BCUT2D eigenvalue weighted by Gasteiger charge is -2.23. The molecule has 0 radical (unpaired) electrons. The Morgan fingerprint density at radius 3 is 2.66 bits per heavy atom. The summed E-state index contributed by atoms with van der Waals surface area (Å²) in [6.07, 6.45) is 4.67. The molecule has 4 rings (SSSR count). The number of nitrogens with one attached hydrogen (secondary N) is 1. The number of hydrogen-bond donors (Lipinski definition) is 3. The second-order valence-corrected chi connectivity index (χ2v) is 9.60. The fourth-order valence-corrected chi connectivity index (χ4v) is 4.23. The summed E-state index contributed by atoms with van der Waals surface area (Å²) in [4.78, 5) is 31.6. The maximum absolute atomic E-state index is 15.3. The van der Waals surface area contributed by atoms with E-state index in [0.717, 1.165) is 18.9 Å². The number of pyridine rings is 1. The zero-order valence-corrected chi connectivity index (χ0v) is 18.9. The zero-order valence-electron chi connectivity index (χ0n) is 18.1. The number of anilines is 1. The van der Waals surface area contributed by atoms with Crippen LogP contribution in [-0.4, -0.2) is 34.3 Å². The SMILES string of the molecule is CC(C)(C)ONC1=CN(c2c(F)cc3c(=O)c(C(=O)O)cn(C4CC4)c3c2Cl)CC1CN. The number of nitrogens with zero attached hydrogens (tertiary/aromatic N) is 2. The van der Waals surface area contributed by atoms with Crippen molar-refractivity contribution in [2.24, 2.45) is 11.7 Å². The van der Waals surface area contributed by atoms with Crippen LogP contribution in [0.1, 0.15) is 50.0 Å². The van der Waals surface area contributed by atoms with E-state index in [1.54, 1.807) is 15.7 Å². The molecular weight excluding hydrogens is 439 g/mol. The number of carboxylic acid groups (broad SMARTS) is 1. The Morgan fingerprint density at radius 1 is 1.41 bits per heavy atom. The quantitative estimate of drug-likeness (QED) is 0.562. The molecule has 1 saturated carbocycles. The summed E-state index contributed by atoms with van der Waals surface area (Å²) in [7, 11) is 0. The third-order valence-corrected chi connectivity index (χ3v) is 5.91. The predicted octanol–water partition coefficient (Wildman–Crippen LogP) is 3.38. The van der Waals surface area contributed by atoms with E-state index in [2.05, 4.69) is 5.48 Å². The molecule has 2 aliphatic rings. The second kappa shape index (κ2) is 8.06. The van der Waals surface area contributed by atoms with Gasteiger partial charge in [-0.15, -0.1) is 0 Å². The molecule has 0 saturated heterocycles. The lowest BCUT2D eigenvalue weighted by atomic mass is 10.1. The van der Waals surface area contributed by atoms with Crippen molar-refractivity contribution >= 4 is 34.2 Å². The molecular formula is C22H26ClFN4O4. The van der Waals surface area contributed by atoms with E-state index in [-0.39, 0.29) is 28.1 Å². The predicted molar refractivity (Wildman–Crippen MR) is 120 cm³/mol. The number of rotatable bonds is 6. The van der Waals surface area contributed by atoms with Crippen molar-refractivity contribution in [3.05, 3.63) is 50.8 Å². The van der Waals surface area contributed by atoms with E-state index in [1.807, 2.05) is 20.8 Å². The van der Waals surface area contributed by atoms with Gasteiger partial charge in [-0.25, -0.2) is 9.18 Å². The van der Waals surface area contributed by atoms with Crippen molar-refractivity contribution in [1.82, 2.24) is 10.0 Å². The summed E-state index contributed by atoms with van der Waals surface area (Å²) in [5.74, 6) is -2.20. The number of aromatic carboxylic acids is 1. The summed E-state index contributed by atoms with van der Waals surface area (Å²) < 4.78 is 17.0. The van der Waals surface area contributed by atoms with E-state index in [9.17, 15) is 14.7 Å². The average Bonchev–Trinajstić information content (AvgIpc) is 3.46. The molecule has 10 heteroatoms. The molecule has 1 aromatic heterocycles. The molecule has 2 heterocycles. The van der Waals surface area contributed by atoms with Gasteiger partial charge in [-0.2, -0.15) is 0 Å². The topological polar surface area (TPSA) is 110 Å². The highest BCUT2D eigenvalue weighted by molar-refractivity contribution is 6.38. The van der Waals surface area contributed by atoms with Crippen molar-refractivity contribution in [2.75, 3.05) is 18.0 Å². The van der Waals surface area contributed by atoms with Gasteiger partial charge in [-0.3, -0.25) is 15.1 Å². The smallest absolute Gasteiger partial charge is 0.341 e. The third kappa shape index (κ3) is 4.07. The van der Waals surface area contributed by atoms with Gasteiger partial charge in [-0.1, -0.05) is 11.6 Å². The van der Waals surface area contributed by atoms with Gasteiger partial charge in [0.15, 0.2) is 0 Å². The van der Waals surface area contributed by atoms with Crippen LogP contribution in [0.2, 0.25) is 5.02 Å². The summed E-state index contributed by atoms with van der Waals surface area (Å²) in [5, 5.41) is 9.44.